The summed E-state index contributed by atoms with van der Waals surface area (Å²) in [4.78, 5) is 12.0. The Morgan fingerprint density at radius 2 is 1.72 bits per heavy atom. The number of aliphatic carboxylic acids is 1. The van der Waals surface area contributed by atoms with Crippen molar-refractivity contribution in [2.24, 2.45) is 51.8 Å². The van der Waals surface area contributed by atoms with Gasteiger partial charge in [0.05, 0.1) is 5.92 Å². The topological polar surface area (TPSA) is 37.3 Å². The summed E-state index contributed by atoms with van der Waals surface area (Å²) in [5.41, 5.74) is 2.98. The fourth-order valence-corrected chi connectivity index (χ4v) is 10.1. The van der Waals surface area contributed by atoms with Crippen molar-refractivity contribution in [2.45, 2.75) is 98.3 Å². The van der Waals surface area contributed by atoms with Crippen LogP contribution in [0.15, 0.2) is 11.6 Å². The summed E-state index contributed by atoms with van der Waals surface area (Å²) >= 11 is 0. The first-order valence-corrected chi connectivity index (χ1v) is 12.6. The quantitative estimate of drug-likeness (QED) is 0.479. The summed E-state index contributed by atoms with van der Waals surface area (Å²) in [6, 6.07) is 0. The number of carbonyl (C=O) groups is 1. The van der Waals surface area contributed by atoms with Gasteiger partial charge in [-0.15, -0.1) is 0 Å². The summed E-state index contributed by atoms with van der Waals surface area (Å²) < 4.78 is 0. The predicted molar refractivity (Wildman–Crippen MR) is 117 cm³/mol. The van der Waals surface area contributed by atoms with Crippen LogP contribution in [0.3, 0.4) is 0 Å². The largest absolute Gasteiger partial charge is 0.481 e. The first kappa shape index (κ1) is 20.1. The molecule has 4 saturated carbocycles. The summed E-state index contributed by atoms with van der Waals surface area (Å²) in [6.07, 6.45) is 16.6. The van der Waals surface area contributed by atoms with Crippen molar-refractivity contribution in [2.75, 3.05) is 0 Å². The Labute approximate surface area is 177 Å². The molecular formula is C27H42O2. The lowest BCUT2D eigenvalue weighted by Gasteiger charge is -2.66. The first-order valence-electron chi connectivity index (χ1n) is 12.6. The van der Waals surface area contributed by atoms with E-state index in [0.29, 0.717) is 22.7 Å². The highest BCUT2D eigenvalue weighted by molar-refractivity contribution is 5.70. The van der Waals surface area contributed by atoms with Crippen LogP contribution in [-0.2, 0) is 4.79 Å². The molecule has 5 aliphatic carbocycles. The number of rotatable bonds is 1. The van der Waals surface area contributed by atoms with Gasteiger partial charge in [-0.2, -0.15) is 0 Å². The number of carboxylic acid groups (broad SMARTS) is 1. The summed E-state index contributed by atoms with van der Waals surface area (Å²) in [5, 5.41) is 9.91. The molecule has 1 N–H and O–H groups in total. The van der Waals surface area contributed by atoms with Gasteiger partial charge in [-0.05, 0) is 97.2 Å². The third-order valence-corrected chi connectivity index (χ3v) is 11.3. The molecule has 0 radical (unpaired) electrons. The van der Waals surface area contributed by atoms with Gasteiger partial charge in [-0.3, -0.25) is 4.79 Å². The van der Waals surface area contributed by atoms with Gasteiger partial charge >= 0.3 is 5.97 Å². The van der Waals surface area contributed by atoms with Crippen LogP contribution in [0, 0.1) is 51.8 Å². The van der Waals surface area contributed by atoms with E-state index in [1.165, 1.54) is 51.4 Å². The molecule has 9 atom stereocenters. The van der Waals surface area contributed by atoms with Gasteiger partial charge in [0.2, 0.25) is 0 Å². The van der Waals surface area contributed by atoms with E-state index in [2.05, 4.69) is 33.8 Å². The van der Waals surface area contributed by atoms with Crippen molar-refractivity contribution in [1.29, 1.82) is 0 Å². The average molecular weight is 399 g/mol. The minimum absolute atomic E-state index is 0.100. The van der Waals surface area contributed by atoms with Gasteiger partial charge in [0, 0.05) is 0 Å². The van der Waals surface area contributed by atoms with Gasteiger partial charge in [-0.25, -0.2) is 0 Å². The maximum atomic E-state index is 12.0. The Hall–Kier alpha value is -0.790. The number of fused-ring (bicyclic) bond motifs is 7. The number of carboxylic acids is 1. The number of allylic oxidation sites excluding steroid dienone is 2. The highest BCUT2D eigenvalue weighted by Crippen LogP contribution is 2.70. The zero-order valence-corrected chi connectivity index (χ0v) is 19.2. The minimum atomic E-state index is -0.527. The first-order chi connectivity index (χ1) is 13.7. The molecule has 2 heteroatoms. The van der Waals surface area contributed by atoms with Gasteiger partial charge in [0.25, 0.3) is 0 Å². The molecule has 0 bridgehead atoms. The Balaban J connectivity index is 1.53. The van der Waals surface area contributed by atoms with Crippen LogP contribution < -0.4 is 0 Å². The molecule has 5 aliphatic rings. The second-order valence-electron chi connectivity index (χ2n) is 12.6. The van der Waals surface area contributed by atoms with Crippen molar-refractivity contribution in [1.82, 2.24) is 0 Å². The second kappa shape index (κ2) is 6.60. The molecule has 0 heterocycles. The third kappa shape index (κ3) is 2.69. The molecule has 4 fully saturated rings. The zero-order chi connectivity index (χ0) is 20.6. The fourth-order valence-electron chi connectivity index (χ4n) is 10.1. The molecule has 0 saturated heterocycles. The van der Waals surface area contributed by atoms with Crippen LogP contribution >= 0.6 is 0 Å². The molecule has 29 heavy (non-hydrogen) atoms. The van der Waals surface area contributed by atoms with E-state index in [1.54, 1.807) is 0 Å². The monoisotopic (exact) mass is 398 g/mol. The Bertz CT molecular complexity index is 724. The lowest BCUT2D eigenvalue weighted by Crippen LogP contribution is -2.59. The number of hydrogen-bond donors (Lipinski definition) is 1. The molecule has 5 rings (SSSR count). The minimum Gasteiger partial charge on any atom is -0.481 e. The lowest BCUT2D eigenvalue weighted by molar-refractivity contribution is -0.165. The average Bonchev–Trinajstić information content (AvgIpc) is 2.65. The molecule has 9 unspecified atom stereocenters. The van der Waals surface area contributed by atoms with Crippen molar-refractivity contribution in [3.63, 3.8) is 0 Å². The highest BCUT2D eigenvalue weighted by Gasteiger charge is 2.62. The molecule has 0 aliphatic heterocycles. The van der Waals surface area contributed by atoms with Crippen LogP contribution in [0.5, 0.6) is 0 Å². The summed E-state index contributed by atoms with van der Waals surface area (Å²) in [6.45, 7) is 10.2. The van der Waals surface area contributed by atoms with Gasteiger partial charge in [-0.1, -0.05) is 58.6 Å². The Morgan fingerprint density at radius 1 is 0.966 bits per heavy atom. The van der Waals surface area contributed by atoms with Crippen LogP contribution in [-0.4, -0.2) is 11.1 Å². The van der Waals surface area contributed by atoms with Gasteiger partial charge in [0.1, 0.15) is 0 Å². The second-order valence-corrected chi connectivity index (χ2v) is 12.6. The summed E-state index contributed by atoms with van der Waals surface area (Å²) in [7, 11) is 0. The molecule has 0 spiro atoms. The van der Waals surface area contributed by atoms with Crippen molar-refractivity contribution in [3.8, 4) is 0 Å². The smallest absolute Gasteiger partial charge is 0.306 e. The van der Waals surface area contributed by atoms with Gasteiger partial charge in [0.15, 0.2) is 0 Å². The van der Waals surface area contributed by atoms with Gasteiger partial charge < -0.3 is 5.11 Å². The highest BCUT2D eigenvalue weighted by atomic mass is 16.4. The van der Waals surface area contributed by atoms with Crippen molar-refractivity contribution < 1.29 is 9.90 Å². The normalized spacial score (nSPS) is 54.3. The lowest BCUT2D eigenvalue weighted by atomic mass is 9.38. The maximum absolute atomic E-state index is 12.0. The molecule has 0 aromatic rings. The molecular weight excluding hydrogens is 356 g/mol. The molecule has 0 aromatic carbocycles. The van der Waals surface area contributed by atoms with Crippen LogP contribution in [0.4, 0.5) is 0 Å². The molecule has 162 valence electrons. The van der Waals surface area contributed by atoms with Crippen LogP contribution in [0.2, 0.25) is 0 Å². The van der Waals surface area contributed by atoms with E-state index < -0.39 is 5.97 Å². The molecule has 0 amide bonds. The maximum Gasteiger partial charge on any atom is 0.306 e. The third-order valence-electron chi connectivity index (χ3n) is 11.3. The van der Waals surface area contributed by atoms with E-state index in [0.717, 1.165) is 37.0 Å². The molecule has 0 aromatic heterocycles. The number of hydrogen-bond acceptors (Lipinski definition) is 1. The summed E-state index contributed by atoms with van der Waals surface area (Å²) in [5.74, 6) is 2.83. The van der Waals surface area contributed by atoms with Crippen LogP contribution in [0.25, 0.3) is 0 Å². The SMILES string of the molecule is CC1CCCC2(C)CCC3C(=CCC4C3(C)CCC3C(C(=O)O)CCCC34C)C12. The van der Waals surface area contributed by atoms with E-state index in [4.69, 9.17) is 0 Å². The molecule has 2 nitrogen and oxygen atoms in total. The standard InChI is InChI=1S/C27H42O2/c1-17-7-5-13-25(2)15-11-20-18(23(17)25)9-10-22-26(3)14-6-8-19(24(28)29)21(26)12-16-27(20,22)4/h9,17,19-23H,5-8,10-16H2,1-4H3,(H,28,29). The Morgan fingerprint density at radius 3 is 2.48 bits per heavy atom. The van der Waals surface area contributed by atoms with E-state index >= 15 is 0 Å². The van der Waals surface area contributed by atoms with Crippen molar-refractivity contribution in [3.05, 3.63) is 11.6 Å². The predicted octanol–water partition coefficient (Wildman–Crippen LogP) is 7.09. The van der Waals surface area contributed by atoms with E-state index in [9.17, 15) is 9.90 Å². The fraction of sp³-hybridized carbons (Fsp3) is 0.889. The van der Waals surface area contributed by atoms with E-state index in [1.807, 2.05) is 5.57 Å². The van der Waals surface area contributed by atoms with Crippen LogP contribution in [0.1, 0.15) is 98.3 Å². The zero-order valence-electron chi connectivity index (χ0n) is 19.2. The van der Waals surface area contributed by atoms with Crippen molar-refractivity contribution >= 4 is 5.97 Å². The Kier molecular flexibility index (Phi) is 4.58. The van der Waals surface area contributed by atoms with E-state index in [-0.39, 0.29) is 11.3 Å².